The molecule has 30 heavy (non-hydrogen) atoms. The minimum atomic E-state index is -0.215. The van der Waals surface area contributed by atoms with Gasteiger partial charge in [0, 0.05) is 34.6 Å². The zero-order valence-electron chi connectivity index (χ0n) is 15.6. The van der Waals surface area contributed by atoms with Gasteiger partial charge >= 0.3 is 0 Å². The molecule has 0 radical (unpaired) electrons. The Morgan fingerprint density at radius 1 is 0.833 bits per heavy atom. The summed E-state index contributed by atoms with van der Waals surface area (Å²) in [4.78, 5) is 35.4. The van der Waals surface area contributed by atoms with E-state index in [-0.39, 0.29) is 17.1 Å². The number of Topliss-reactive ketones (excluding diaryl/α,β-unsaturated/α-hetero) is 2. The molecule has 0 aliphatic heterocycles. The van der Waals surface area contributed by atoms with Crippen LogP contribution in [0.15, 0.2) is 78.8 Å². The number of thiophene rings is 1. The Labute approximate surface area is 174 Å². The molecular weight excluding hydrogens is 394 g/mol. The number of allylic oxidation sites excluding steroid dienone is 1. The van der Waals surface area contributed by atoms with Gasteiger partial charge in [-0.2, -0.15) is 0 Å². The maximum Gasteiger partial charge on any atom is 0.197 e. The van der Waals surface area contributed by atoms with Gasteiger partial charge in [-0.05, 0) is 47.2 Å². The maximum atomic E-state index is 13.0. The lowest BCUT2D eigenvalue weighted by molar-refractivity contribution is 0.0990. The molecule has 2 aromatic carbocycles. The average molecular weight is 407 g/mol. The van der Waals surface area contributed by atoms with Crippen LogP contribution in [0.3, 0.4) is 0 Å². The van der Waals surface area contributed by atoms with Gasteiger partial charge in [0.1, 0.15) is 10.5 Å². The van der Waals surface area contributed by atoms with Crippen molar-refractivity contribution in [1.29, 1.82) is 0 Å². The molecule has 0 N–H and O–H groups in total. The van der Waals surface area contributed by atoms with E-state index in [1.165, 1.54) is 11.3 Å². The first-order valence-corrected chi connectivity index (χ1v) is 10.2. The molecule has 0 amide bonds. The molecule has 3 aromatic heterocycles. The number of aromatic nitrogens is 3. The lowest BCUT2D eigenvalue weighted by Crippen LogP contribution is -1.99. The fourth-order valence-corrected chi connectivity index (χ4v) is 4.81. The molecule has 0 atom stereocenters. The molecular formula is C24H13N3O2S. The number of nitrogens with zero attached hydrogens (tertiary/aromatic N) is 3. The van der Waals surface area contributed by atoms with E-state index < -0.39 is 0 Å². The third-order valence-corrected chi connectivity index (χ3v) is 6.35. The van der Waals surface area contributed by atoms with E-state index in [4.69, 9.17) is 0 Å². The number of benzene rings is 2. The van der Waals surface area contributed by atoms with Gasteiger partial charge in [0.25, 0.3) is 0 Å². The summed E-state index contributed by atoms with van der Waals surface area (Å²) in [7, 11) is 0. The van der Waals surface area contributed by atoms with Crippen molar-refractivity contribution in [1.82, 2.24) is 14.5 Å². The summed E-state index contributed by atoms with van der Waals surface area (Å²) in [6, 6.07) is 17.2. The first kappa shape index (κ1) is 17.0. The summed E-state index contributed by atoms with van der Waals surface area (Å²) in [6.07, 6.45) is 6.93. The molecule has 1 aliphatic carbocycles. The first-order valence-electron chi connectivity index (χ1n) is 9.41. The zero-order valence-corrected chi connectivity index (χ0v) is 16.4. The van der Waals surface area contributed by atoms with E-state index >= 15 is 0 Å². The molecule has 6 heteroatoms. The maximum absolute atomic E-state index is 13.0. The second-order valence-corrected chi connectivity index (χ2v) is 8.18. The van der Waals surface area contributed by atoms with Crippen LogP contribution in [0.4, 0.5) is 0 Å². The summed E-state index contributed by atoms with van der Waals surface area (Å²) in [5, 5.41) is 2.86. The molecule has 6 rings (SSSR count). The van der Waals surface area contributed by atoms with Crippen LogP contribution in [-0.2, 0) is 0 Å². The third-order valence-electron chi connectivity index (χ3n) is 5.32. The standard InChI is InChI=1S/C24H13N3O2S/c28-22-17-11-14-3-1-2-4-15(14)12-18(17)23(29)19(22)13-16-5-6-21(30-16)27-10-7-20-24(27)26-9-8-25-20/h1-13H. The second-order valence-electron chi connectivity index (χ2n) is 7.09. The smallest absolute Gasteiger partial charge is 0.197 e. The number of carbonyl (C=O) groups is 2. The number of rotatable bonds is 2. The van der Waals surface area contributed by atoms with Crippen molar-refractivity contribution in [3.63, 3.8) is 0 Å². The molecule has 0 unspecified atom stereocenters. The summed E-state index contributed by atoms with van der Waals surface area (Å²) in [6.45, 7) is 0. The van der Waals surface area contributed by atoms with Gasteiger partial charge in [-0.15, -0.1) is 11.3 Å². The van der Waals surface area contributed by atoms with Crippen LogP contribution in [0.1, 0.15) is 25.6 Å². The van der Waals surface area contributed by atoms with E-state index in [1.807, 2.05) is 65.4 Å². The van der Waals surface area contributed by atoms with Crippen molar-refractivity contribution < 1.29 is 9.59 Å². The molecule has 0 spiro atoms. The molecule has 3 heterocycles. The fourth-order valence-electron chi connectivity index (χ4n) is 3.87. The highest BCUT2D eigenvalue weighted by atomic mass is 32.1. The van der Waals surface area contributed by atoms with Crippen molar-refractivity contribution in [3.8, 4) is 5.00 Å². The number of fused-ring (bicyclic) bond motifs is 3. The molecule has 0 fully saturated rings. The third kappa shape index (κ3) is 2.47. The van der Waals surface area contributed by atoms with E-state index in [2.05, 4.69) is 9.97 Å². The van der Waals surface area contributed by atoms with Crippen LogP contribution in [0, 0.1) is 0 Å². The lowest BCUT2D eigenvalue weighted by atomic mass is 10.0. The SMILES string of the molecule is O=C1C(=Cc2ccc(-n3ccc4nccnc43)s2)C(=O)c2cc3ccccc3cc21. The van der Waals surface area contributed by atoms with Crippen LogP contribution < -0.4 is 0 Å². The predicted octanol–water partition coefficient (Wildman–Crippen LogP) is 5.10. The zero-order chi connectivity index (χ0) is 20.2. The van der Waals surface area contributed by atoms with E-state index in [9.17, 15) is 9.59 Å². The summed E-state index contributed by atoms with van der Waals surface area (Å²) in [5.74, 6) is -0.430. The van der Waals surface area contributed by atoms with Crippen molar-refractivity contribution in [2.75, 3.05) is 0 Å². The van der Waals surface area contributed by atoms with Gasteiger partial charge in [0.2, 0.25) is 0 Å². The number of hydrogen-bond acceptors (Lipinski definition) is 5. The highest BCUT2D eigenvalue weighted by molar-refractivity contribution is 7.15. The Morgan fingerprint density at radius 3 is 2.27 bits per heavy atom. The number of hydrogen-bond donors (Lipinski definition) is 0. The van der Waals surface area contributed by atoms with Crippen LogP contribution in [0.5, 0.6) is 0 Å². The van der Waals surface area contributed by atoms with Crippen LogP contribution in [0.2, 0.25) is 0 Å². The Balaban J connectivity index is 1.41. The minimum Gasteiger partial charge on any atom is -0.291 e. The Hall–Kier alpha value is -3.90. The van der Waals surface area contributed by atoms with Gasteiger partial charge in [0.05, 0.1) is 5.57 Å². The minimum absolute atomic E-state index is 0.214. The van der Waals surface area contributed by atoms with Crippen LogP contribution in [0.25, 0.3) is 33.0 Å². The van der Waals surface area contributed by atoms with E-state index in [1.54, 1.807) is 18.5 Å². The second kappa shape index (κ2) is 6.30. The molecule has 142 valence electrons. The number of ketones is 2. The molecule has 5 aromatic rings. The van der Waals surface area contributed by atoms with Crippen molar-refractivity contribution in [3.05, 3.63) is 94.8 Å². The van der Waals surface area contributed by atoms with Gasteiger partial charge in [-0.25, -0.2) is 4.98 Å². The van der Waals surface area contributed by atoms with Gasteiger partial charge in [-0.3, -0.25) is 19.1 Å². The Kier molecular flexibility index (Phi) is 3.57. The summed E-state index contributed by atoms with van der Waals surface area (Å²) < 4.78 is 1.95. The highest BCUT2D eigenvalue weighted by Gasteiger charge is 2.33. The summed E-state index contributed by atoms with van der Waals surface area (Å²) >= 11 is 1.49. The first-order chi connectivity index (χ1) is 14.7. The largest absolute Gasteiger partial charge is 0.291 e. The van der Waals surface area contributed by atoms with E-state index in [0.717, 1.165) is 31.8 Å². The van der Waals surface area contributed by atoms with Gasteiger partial charge in [0.15, 0.2) is 17.2 Å². The van der Waals surface area contributed by atoms with Crippen LogP contribution >= 0.6 is 11.3 Å². The van der Waals surface area contributed by atoms with Crippen LogP contribution in [-0.4, -0.2) is 26.1 Å². The molecule has 1 aliphatic rings. The predicted molar refractivity (Wildman–Crippen MR) is 117 cm³/mol. The molecule has 0 saturated carbocycles. The molecule has 0 saturated heterocycles. The Bertz CT molecular complexity index is 1480. The fraction of sp³-hybridized carbons (Fsp3) is 0. The van der Waals surface area contributed by atoms with Crippen molar-refractivity contribution in [2.45, 2.75) is 0 Å². The molecule has 5 nitrogen and oxygen atoms in total. The van der Waals surface area contributed by atoms with Gasteiger partial charge in [-0.1, -0.05) is 24.3 Å². The lowest BCUT2D eigenvalue weighted by Gasteiger charge is -2.00. The highest BCUT2D eigenvalue weighted by Crippen LogP contribution is 2.33. The quantitative estimate of drug-likeness (QED) is 0.302. The normalized spacial score (nSPS) is 13.4. The van der Waals surface area contributed by atoms with Crippen molar-refractivity contribution >= 4 is 50.9 Å². The van der Waals surface area contributed by atoms with E-state index in [0.29, 0.717) is 11.1 Å². The summed E-state index contributed by atoms with van der Waals surface area (Å²) in [5.41, 5.74) is 2.76. The van der Waals surface area contributed by atoms with Crippen molar-refractivity contribution in [2.24, 2.45) is 0 Å². The Morgan fingerprint density at radius 2 is 1.53 bits per heavy atom. The topological polar surface area (TPSA) is 64.8 Å². The number of carbonyl (C=O) groups excluding carboxylic acids is 2. The molecule has 0 bridgehead atoms. The average Bonchev–Trinajstić information content (AvgIpc) is 3.47. The van der Waals surface area contributed by atoms with Gasteiger partial charge < -0.3 is 0 Å². The monoisotopic (exact) mass is 407 g/mol.